The molecule has 3 aromatic carbocycles. The Labute approximate surface area is 235 Å². The van der Waals surface area contributed by atoms with E-state index < -0.39 is 31.7 Å². The number of benzene rings is 3. The molecule has 0 spiro atoms. The first-order chi connectivity index (χ1) is 18.5. The summed E-state index contributed by atoms with van der Waals surface area (Å²) in [6.07, 6.45) is 1.91. The normalized spacial score (nSPS) is 14.6. The van der Waals surface area contributed by atoms with Crippen molar-refractivity contribution in [3.63, 3.8) is 0 Å². The molecular weight excluding hydrogens is 584 g/mol. The maximum atomic E-state index is 11.6. The Morgan fingerprint density at radius 3 is 2.38 bits per heavy atom. The lowest BCUT2D eigenvalue weighted by Crippen LogP contribution is -2.36. The zero-order chi connectivity index (χ0) is 27.8. The first kappa shape index (κ1) is 27.6. The average molecular weight is 608 g/mol. The number of nitrogens with zero attached hydrogens (tertiary/aromatic N) is 2. The highest BCUT2D eigenvalue weighted by Crippen LogP contribution is 2.42. The summed E-state index contributed by atoms with van der Waals surface area (Å²) in [7, 11) is -8.39. The molecule has 0 saturated heterocycles. The average Bonchev–Trinajstić information content (AvgIpc) is 3.38. The van der Waals surface area contributed by atoms with E-state index in [0.717, 1.165) is 21.3 Å². The van der Waals surface area contributed by atoms with Gasteiger partial charge in [-0.1, -0.05) is 59.3 Å². The number of anilines is 1. The van der Waals surface area contributed by atoms with Crippen LogP contribution in [-0.2, 0) is 26.8 Å². The maximum absolute atomic E-state index is 11.6. The van der Waals surface area contributed by atoms with Gasteiger partial charge in [-0.2, -0.15) is 21.4 Å². The number of rotatable bonds is 9. The molecule has 0 bridgehead atoms. The van der Waals surface area contributed by atoms with Crippen molar-refractivity contribution in [1.29, 1.82) is 0 Å². The number of hydrogen-bond donors (Lipinski definition) is 2. The van der Waals surface area contributed by atoms with E-state index in [1.807, 2.05) is 59.2 Å². The lowest BCUT2D eigenvalue weighted by Gasteiger charge is -2.17. The molecule has 1 aromatic heterocycles. The molecule has 1 aliphatic heterocycles. The summed E-state index contributed by atoms with van der Waals surface area (Å²) in [4.78, 5) is 1.69. The second-order valence-electron chi connectivity index (χ2n) is 8.91. The van der Waals surface area contributed by atoms with Crippen LogP contribution in [-0.4, -0.2) is 44.0 Å². The van der Waals surface area contributed by atoms with Gasteiger partial charge in [-0.15, -0.1) is 0 Å². The summed E-state index contributed by atoms with van der Waals surface area (Å²) < 4.78 is 73.5. The van der Waals surface area contributed by atoms with Crippen molar-refractivity contribution >= 4 is 65.2 Å². The first-order valence-corrected chi connectivity index (χ1v) is 16.3. The van der Waals surface area contributed by atoms with E-state index in [2.05, 4.69) is 0 Å². The van der Waals surface area contributed by atoms with Gasteiger partial charge in [-0.3, -0.25) is 9.11 Å². The van der Waals surface area contributed by atoms with Gasteiger partial charge in [0, 0.05) is 24.1 Å². The highest BCUT2D eigenvalue weighted by atomic mass is 35.5. The number of thiazole rings is 1. The van der Waals surface area contributed by atoms with E-state index >= 15 is 0 Å². The van der Waals surface area contributed by atoms with Gasteiger partial charge in [0.1, 0.15) is 4.70 Å². The van der Waals surface area contributed by atoms with Crippen LogP contribution in [0, 0.1) is 0 Å². The molecule has 0 aliphatic carbocycles. The van der Waals surface area contributed by atoms with Crippen molar-refractivity contribution in [3.8, 4) is 16.9 Å². The quantitative estimate of drug-likeness (QED) is 0.204. The fraction of sp³-hybridized carbons (Fsp3) is 0.192. The molecule has 2 heterocycles. The summed E-state index contributed by atoms with van der Waals surface area (Å²) in [6, 6.07) is 20.7. The third kappa shape index (κ3) is 6.60. The second-order valence-corrected chi connectivity index (χ2v) is 13.6. The molecule has 9 nitrogen and oxygen atoms in total. The van der Waals surface area contributed by atoms with Gasteiger partial charge < -0.3 is 9.64 Å². The van der Waals surface area contributed by atoms with Crippen LogP contribution in [0.1, 0.15) is 11.4 Å². The van der Waals surface area contributed by atoms with Crippen LogP contribution in [0.5, 0.6) is 5.75 Å². The minimum atomic E-state index is -4.25. The molecule has 39 heavy (non-hydrogen) atoms. The number of ether oxygens (including phenoxy) is 1. The van der Waals surface area contributed by atoms with Crippen molar-refractivity contribution in [3.05, 3.63) is 82.6 Å². The third-order valence-corrected chi connectivity index (χ3v) is 8.98. The number of aryl methyl sites for hydroxylation is 1. The Morgan fingerprint density at radius 2 is 1.67 bits per heavy atom. The van der Waals surface area contributed by atoms with Gasteiger partial charge >= 0.3 is 0 Å². The molecule has 0 atom stereocenters. The molecule has 0 unspecified atom stereocenters. The molecule has 2 N–H and O–H groups in total. The van der Waals surface area contributed by atoms with Crippen molar-refractivity contribution < 1.29 is 35.2 Å². The van der Waals surface area contributed by atoms with Crippen molar-refractivity contribution in [2.75, 3.05) is 23.0 Å². The highest BCUT2D eigenvalue weighted by molar-refractivity contribution is 7.86. The predicted octanol–water partition coefficient (Wildman–Crippen LogP) is 4.87. The van der Waals surface area contributed by atoms with Gasteiger partial charge in [0.2, 0.25) is 11.4 Å². The first-order valence-electron chi connectivity index (χ1n) is 11.9. The Kier molecular flexibility index (Phi) is 7.68. The lowest BCUT2D eigenvalue weighted by molar-refractivity contribution is -0.668. The Morgan fingerprint density at radius 1 is 0.923 bits per heavy atom. The highest BCUT2D eigenvalue weighted by Gasteiger charge is 2.30. The number of fused-ring (bicyclic) bond motifs is 2. The minimum Gasteiger partial charge on any atom is -0.438 e. The van der Waals surface area contributed by atoms with Crippen LogP contribution in [0.15, 0.2) is 72.6 Å². The molecule has 0 fully saturated rings. The van der Waals surface area contributed by atoms with E-state index in [1.165, 1.54) is 11.3 Å². The monoisotopic (exact) mass is 607 g/mol. The predicted molar refractivity (Wildman–Crippen MR) is 152 cm³/mol. The van der Waals surface area contributed by atoms with Crippen LogP contribution in [0.2, 0.25) is 5.02 Å². The SMILES string of the molecule is O=S(=O)(O)CCC[n+]1c(C=C2Oc3ccc(-c4ccccc4)cc3N2CCS(=O)(=O)O)sc2ccc(Cl)cc21. The topological polar surface area (TPSA) is 125 Å². The standard InChI is InChI=1S/C26H23ClN2O7S3/c27-20-8-10-24-22(16-20)29(11-4-13-38(30,31)32)26(37-24)17-25-28(12-14-39(33,34)35)21-15-19(7-9-23(21)36-25)18-5-2-1-3-6-18/h1-3,5-10,15-17H,4,11-14H2,(H-,30,31,32,33,34,35)/p+1. The molecule has 204 valence electrons. The number of hydrogen-bond acceptors (Lipinski definition) is 7. The van der Waals surface area contributed by atoms with Gasteiger partial charge in [0.05, 0.1) is 23.3 Å². The fourth-order valence-corrected chi connectivity index (χ4v) is 6.55. The van der Waals surface area contributed by atoms with E-state index in [1.54, 1.807) is 23.1 Å². The van der Waals surface area contributed by atoms with Gasteiger partial charge in [0.25, 0.3) is 25.2 Å². The summed E-state index contributed by atoms with van der Waals surface area (Å²) in [5.41, 5.74) is 3.31. The molecule has 1 aliphatic rings. The Hall–Kier alpha value is -3.00. The molecule has 0 amide bonds. The smallest absolute Gasteiger partial charge is 0.268 e. The minimum absolute atomic E-state index is 0.0601. The van der Waals surface area contributed by atoms with E-state index in [-0.39, 0.29) is 19.5 Å². The maximum Gasteiger partial charge on any atom is 0.268 e. The van der Waals surface area contributed by atoms with Crippen LogP contribution in [0.3, 0.4) is 0 Å². The zero-order valence-electron chi connectivity index (χ0n) is 20.4. The van der Waals surface area contributed by atoms with Gasteiger partial charge in [-0.05, 0) is 35.4 Å². The van der Waals surface area contributed by atoms with Crippen LogP contribution < -0.4 is 14.2 Å². The van der Waals surface area contributed by atoms with Crippen LogP contribution in [0.4, 0.5) is 5.69 Å². The van der Waals surface area contributed by atoms with Crippen molar-refractivity contribution in [2.24, 2.45) is 0 Å². The third-order valence-electron chi connectivity index (χ3n) is 6.13. The van der Waals surface area contributed by atoms with Crippen LogP contribution in [0.25, 0.3) is 27.4 Å². The fourth-order valence-electron chi connectivity index (χ4n) is 4.38. The summed E-state index contributed by atoms with van der Waals surface area (Å²) >= 11 is 7.66. The molecular formula is C26H24ClN2O7S3+. The van der Waals surface area contributed by atoms with E-state index in [4.69, 9.17) is 16.3 Å². The molecule has 5 rings (SSSR count). The van der Waals surface area contributed by atoms with Gasteiger partial charge in [0.15, 0.2) is 12.3 Å². The van der Waals surface area contributed by atoms with Crippen LogP contribution >= 0.6 is 22.9 Å². The molecule has 4 aromatic rings. The largest absolute Gasteiger partial charge is 0.438 e. The summed E-state index contributed by atoms with van der Waals surface area (Å²) in [5, 5.41) is 1.21. The lowest BCUT2D eigenvalue weighted by atomic mass is 10.0. The summed E-state index contributed by atoms with van der Waals surface area (Å²) in [5.74, 6) is -0.0454. The number of aromatic nitrogens is 1. The number of halogens is 1. The van der Waals surface area contributed by atoms with Gasteiger partial charge in [-0.25, -0.2) is 0 Å². The Bertz CT molecular complexity index is 1790. The summed E-state index contributed by atoms with van der Waals surface area (Å²) in [6.45, 7) is 0.213. The molecule has 0 radical (unpaired) electrons. The van der Waals surface area contributed by atoms with E-state index in [0.29, 0.717) is 27.4 Å². The zero-order valence-corrected chi connectivity index (χ0v) is 23.6. The Balaban J connectivity index is 1.57. The molecule has 0 saturated carbocycles. The molecule has 13 heteroatoms. The van der Waals surface area contributed by atoms with Crippen molar-refractivity contribution in [2.45, 2.75) is 13.0 Å². The van der Waals surface area contributed by atoms with E-state index in [9.17, 15) is 25.9 Å². The van der Waals surface area contributed by atoms with Crippen molar-refractivity contribution in [1.82, 2.24) is 0 Å². The second kappa shape index (κ2) is 10.9.